The zero-order valence-electron chi connectivity index (χ0n) is 10.8. The fourth-order valence-corrected chi connectivity index (χ4v) is 3.09. The van der Waals surface area contributed by atoms with Crippen molar-refractivity contribution in [1.29, 1.82) is 0 Å². The maximum absolute atomic E-state index is 3.68. The Morgan fingerprint density at radius 2 is 2.18 bits per heavy atom. The van der Waals surface area contributed by atoms with Gasteiger partial charge >= 0.3 is 0 Å². The monoisotopic (exact) mass is 295 g/mol. The summed E-state index contributed by atoms with van der Waals surface area (Å²) in [5.41, 5.74) is 2.55. The summed E-state index contributed by atoms with van der Waals surface area (Å²) < 4.78 is 1.20. The molecule has 2 rings (SSSR count). The lowest BCUT2D eigenvalue weighted by atomic mass is 9.84. The molecule has 0 bridgehead atoms. The number of hydrogen-bond donors (Lipinski definition) is 1. The zero-order valence-corrected chi connectivity index (χ0v) is 12.4. The predicted molar refractivity (Wildman–Crippen MR) is 78.5 cm³/mol. The van der Waals surface area contributed by atoms with Crippen molar-refractivity contribution >= 4 is 21.6 Å². The van der Waals surface area contributed by atoms with Crippen molar-refractivity contribution in [3.63, 3.8) is 0 Å². The lowest BCUT2D eigenvalue weighted by Gasteiger charge is -2.30. The smallest absolute Gasteiger partial charge is 0.0353 e. The van der Waals surface area contributed by atoms with Crippen LogP contribution in [0, 0.1) is 12.8 Å². The van der Waals surface area contributed by atoms with Gasteiger partial charge in [0.1, 0.15) is 0 Å². The van der Waals surface area contributed by atoms with E-state index in [4.69, 9.17) is 0 Å². The first-order chi connectivity index (χ1) is 8.19. The Bertz CT molecular complexity index is 375. The molecule has 0 aliphatic heterocycles. The van der Waals surface area contributed by atoms with Crippen molar-refractivity contribution in [2.75, 3.05) is 5.32 Å². The molecule has 17 heavy (non-hydrogen) atoms. The zero-order chi connectivity index (χ0) is 12.3. The Balaban J connectivity index is 1.97. The minimum Gasteiger partial charge on any atom is -0.382 e. The Morgan fingerprint density at radius 3 is 2.88 bits per heavy atom. The summed E-state index contributed by atoms with van der Waals surface area (Å²) in [4.78, 5) is 0. The summed E-state index contributed by atoms with van der Waals surface area (Å²) in [6.45, 7) is 4.44. The maximum Gasteiger partial charge on any atom is 0.0353 e. The number of aryl methyl sites for hydroxylation is 1. The summed E-state index contributed by atoms with van der Waals surface area (Å²) in [6.07, 6.45) is 6.79. The summed E-state index contributed by atoms with van der Waals surface area (Å²) in [5.74, 6) is 0.926. The second-order valence-corrected chi connectivity index (χ2v) is 6.10. The van der Waals surface area contributed by atoms with Crippen LogP contribution in [0.2, 0.25) is 0 Å². The third-order valence-electron chi connectivity index (χ3n) is 3.90. The van der Waals surface area contributed by atoms with Gasteiger partial charge < -0.3 is 5.32 Å². The van der Waals surface area contributed by atoms with Crippen LogP contribution >= 0.6 is 15.9 Å². The highest BCUT2D eigenvalue weighted by Crippen LogP contribution is 2.29. The fourth-order valence-electron chi connectivity index (χ4n) is 2.71. The average molecular weight is 296 g/mol. The summed E-state index contributed by atoms with van der Waals surface area (Å²) in [6, 6.07) is 7.23. The van der Waals surface area contributed by atoms with Gasteiger partial charge in [-0.1, -0.05) is 48.2 Å². The highest BCUT2D eigenvalue weighted by Gasteiger charge is 2.20. The van der Waals surface area contributed by atoms with E-state index in [-0.39, 0.29) is 0 Å². The first kappa shape index (κ1) is 12.9. The highest BCUT2D eigenvalue weighted by molar-refractivity contribution is 9.10. The Kier molecular flexibility index (Phi) is 4.49. The van der Waals surface area contributed by atoms with Gasteiger partial charge in [-0.15, -0.1) is 0 Å². The molecule has 0 amide bonds. The second-order valence-electron chi connectivity index (χ2n) is 5.25. The lowest BCUT2D eigenvalue weighted by Crippen LogP contribution is -2.27. The number of halogens is 1. The van der Waals surface area contributed by atoms with Crippen molar-refractivity contribution in [3.8, 4) is 0 Å². The topological polar surface area (TPSA) is 12.0 Å². The number of hydrogen-bond acceptors (Lipinski definition) is 1. The first-order valence-corrected chi connectivity index (χ1v) is 7.51. The molecule has 1 fully saturated rings. The van der Waals surface area contributed by atoms with Crippen LogP contribution < -0.4 is 5.32 Å². The van der Waals surface area contributed by atoms with E-state index in [1.54, 1.807) is 0 Å². The molecule has 0 heterocycles. The van der Waals surface area contributed by atoms with Crippen LogP contribution in [0.5, 0.6) is 0 Å². The quantitative estimate of drug-likeness (QED) is 0.814. The largest absolute Gasteiger partial charge is 0.382 e. The molecule has 2 atom stereocenters. The number of benzene rings is 1. The average Bonchev–Trinajstić information content (AvgIpc) is 2.34. The summed E-state index contributed by atoms with van der Waals surface area (Å²) in [7, 11) is 0. The van der Waals surface area contributed by atoms with Crippen LogP contribution in [0.3, 0.4) is 0 Å². The third kappa shape index (κ3) is 3.48. The van der Waals surface area contributed by atoms with Gasteiger partial charge in [-0.2, -0.15) is 0 Å². The first-order valence-electron chi connectivity index (χ1n) is 6.71. The van der Waals surface area contributed by atoms with E-state index >= 15 is 0 Å². The second kappa shape index (κ2) is 5.90. The van der Waals surface area contributed by atoms with Gasteiger partial charge in [0.25, 0.3) is 0 Å². The number of rotatable bonds is 3. The maximum atomic E-state index is 3.68. The fraction of sp³-hybridized carbons (Fsp3) is 0.600. The summed E-state index contributed by atoms with van der Waals surface area (Å²) in [5, 5.41) is 3.68. The van der Waals surface area contributed by atoms with E-state index in [1.807, 2.05) is 0 Å². The Hall–Kier alpha value is -0.500. The van der Waals surface area contributed by atoms with E-state index in [2.05, 4.69) is 53.3 Å². The van der Waals surface area contributed by atoms with Gasteiger partial charge in [-0.25, -0.2) is 0 Å². The molecular weight excluding hydrogens is 274 g/mol. The van der Waals surface area contributed by atoms with Crippen LogP contribution in [0.15, 0.2) is 22.7 Å². The molecule has 94 valence electrons. The standard InChI is InChI=1S/C15H22BrN/c1-3-12-5-4-6-13(9-12)17-14-8-7-11(2)15(16)10-14/h7-8,10,12-13,17H,3-6,9H2,1-2H3. The van der Waals surface area contributed by atoms with E-state index in [0.717, 1.165) is 5.92 Å². The number of nitrogens with one attached hydrogen (secondary N) is 1. The molecule has 1 aliphatic carbocycles. The van der Waals surface area contributed by atoms with Crippen molar-refractivity contribution in [2.24, 2.45) is 5.92 Å². The van der Waals surface area contributed by atoms with Crippen molar-refractivity contribution in [3.05, 3.63) is 28.2 Å². The van der Waals surface area contributed by atoms with Crippen LogP contribution in [0.1, 0.15) is 44.6 Å². The molecule has 2 heteroatoms. The molecule has 2 unspecified atom stereocenters. The van der Waals surface area contributed by atoms with Gasteiger partial charge in [0.05, 0.1) is 0 Å². The third-order valence-corrected chi connectivity index (χ3v) is 4.76. The molecule has 1 N–H and O–H groups in total. The minimum absolute atomic E-state index is 0.670. The molecule has 0 radical (unpaired) electrons. The van der Waals surface area contributed by atoms with Crippen LogP contribution in [0.4, 0.5) is 5.69 Å². The number of anilines is 1. The van der Waals surface area contributed by atoms with E-state index in [1.165, 1.54) is 47.8 Å². The van der Waals surface area contributed by atoms with Gasteiger partial charge in [-0.05, 0) is 43.4 Å². The van der Waals surface area contributed by atoms with Gasteiger partial charge in [0.2, 0.25) is 0 Å². The van der Waals surface area contributed by atoms with Gasteiger partial charge in [-0.3, -0.25) is 0 Å². The minimum atomic E-state index is 0.670. The van der Waals surface area contributed by atoms with Gasteiger partial charge in [0.15, 0.2) is 0 Å². The van der Waals surface area contributed by atoms with Crippen LogP contribution in [-0.2, 0) is 0 Å². The van der Waals surface area contributed by atoms with Crippen molar-refractivity contribution < 1.29 is 0 Å². The Labute approximate surface area is 113 Å². The molecular formula is C15H22BrN. The molecule has 1 aliphatic rings. The van der Waals surface area contributed by atoms with Crippen LogP contribution in [0.25, 0.3) is 0 Å². The predicted octanol–water partition coefficient (Wildman–Crippen LogP) is 5.14. The van der Waals surface area contributed by atoms with E-state index in [9.17, 15) is 0 Å². The lowest BCUT2D eigenvalue weighted by molar-refractivity contribution is 0.327. The molecule has 1 aromatic carbocycles. The molecule has 1 nitrogen and oxygen atoms in total. The van der Waals surface area contributed by atoms with E-state index in [0.29, 0.717) is 6.04 Å². The molecule has 1 saturated carbocycles. The van der Waals surface area contributed by atoms with Crippen LogP contribution in [-0.4, -0.2) is 6.04 Å². The Morgan fingerprint density at radius 1 is 1.35 bits per heavy atom. The molecule has 0 spiro atoms. The van der Waals surface area contributed by atoms with Crippen molar-refractivity contribution in [2.45, 2.75) is 52.0 Å². The molecule has 0 saturated heterocycles. The van der Waals surface area contributed by atoms with Gasteiger partial charge in [0, 0.05) is 16.2 Å². The normalized spacial score (nSPS) is 24.6. The SMILES string of the molecule is CCC1CCCC(Nc2ccc(C)c(Br)c2)C1. The highest BCUT2D eigenvalue weighted by atomic mass is 79.9. The van der Waals surface area contributed by atoms with E-state index < -0.39 is 0 Å². The van der Waals surface area contributed by atoms with Crippen molar-refractivity contribution in [1.82, 2.24) is 0 Å². The molecule has 0 aromatic heterocycles. The summed E-state index contributed by atoms with van der Waals surface area (Å²) >= 11 is 3.60. The molecule has 1 aromatic rings.